The Morgan fingerprint density at radius 3 is 3.00 bits per heavy atom. The van der Waals surface area contributed by atoms with Crippen molar-refractivity contribution in [1.82, 2.24) is 0 Å². The van der Waals surface area contributed by atoms with Crippen LogP contribution in [0, 0.1) is 5.82 Å². The molecular formula is C11H9FO2. The maximum Gasteiger partial charge on any atom is 0.307 e. The van der Waals surface area contributed by atoms with Gasteiger partial charge in [-0.3, -0.25) is 4.79 Å². The normalized spacial score (nSPS) is 13.6. The Balaban J connectivity index is 2.40. The average molecular weight is 192 g/mol. The van der Waals surface area contributed by atoms with Crippen LogP contribution in [0.1, 0.15) is 17.5 Å². The van der Waals surface area contributed by atoms with Gasteiger partial charge in [-0.1, -0.05) is 18.2 Å². The molecule has 0 fully saturated rings. The Morgan fingerprint density at radius 1 is 1.50 bits per heavy atom. The van der Waals surface area contributed by atoms with Crippen molar-refractivity contribution in [2.75, 3.05) is 0 Å². The highest BCUT2D eigenvalue weighted by Gasteiger charge is 2.19. The Hall–Kier alpha value is -1.64. The molecule has 72 valence electrons. The molecule has 0 saturated heterocycles. The molecule has 0 bridgehead atoms. The van der Waals surface area contributed by atoms with Crippen LogP contribution in [0.4, 0.5) is 4.39 Å². The lowest BCUT2D eigenvalue weighted by atomic mass is 10.0. The summed E-state index contributed by atoms with van der Waals surface area (Å²) in [6.07, 6.45) is 2.31. The van der Waals surface area contributed by atoms with E-state index in [9.17, 15) is 9.18 Å². The van der Waals surface area contributed by atoms with Crippen molar-refractivity contribution < 1.29 is 14.3 Å². The fourth-order valence-corrected chi connectivity index (χ4v) is 1.76. The molecule has 1 aliphatic rings. The number of benzene rings is 1. The second-order valence-corrected chi connectivity index (χ2v) is 3.28. The van der Waals surface area contributed by atoms with E-state index in [-0.39, 0.29) is 12.2 Å². The van der Waals surface area contributed by atoms with E-state index >= 15 is 0 Å². The zero-order valence-electron chi connectivity index (χ0n) is 7.46. The molecule has 2 rings (SSSR count). The van der Waals surface area contributed by atoms with E-state index in [1.807, 2.05) is 6.07 Å². The molecular weight excluding hydrogens is 183 g/mol. The first-order chi connectivity index (χ1) is 6.68. The predicted octanol–water partition coefficient (Wildman–Crippen LogP) is 2.24. The van der Waals surface area contributed by atoms with Gasteiger partial charge in [0.2, 0.25) is 0 Å². The molecule has 0 unspecified atom stereocenters. The molecule has 1 N–H and O–H groups in total. The highest BCUT2D eigenvalue weighted by atomic mass is 19.1. The third kappa shape index (κ3) is 1.41. The first kappa shape index (κ1) is 8.94. The van der Waals surface area contributed by atoms with Crippen molar-refractivity contribution in [1.29, 1.82) is 0 Å². The van der Waals surface area contributed by atoms with Gasteiger partial charge in [0.1, 0.15) is 5.82 Å². The Labute approximate surface area is 80.7 Å². The lowest BCUT2D eigenvalue weighted by molar-refractivity contribution is -0.135. The van der Waals surface area contributed by atoms with Gasteiger partial charge in [-0.05, 0) is 23.6 Å². The van der Waals surface area contributed by atoms with Crippen LogP contribution in [0.15, 0.2) is 24.3 Å². The van der Waals surface area contributed by atoms with Crippen molar-refractivity contribution in [3.05, 3.63) is 41.2 Å². The van der Waals surface area contributed by atoms with E-state index in [2.05, 4.69) is 0 Å². The summed E-state index contributed by atoms with van der Waals surface area (Å²) < 4.78 is 13.4. The number of hydrogen-bond donors (Lipinski definition) is 1. The summed E-state index contributed by atoms with van der Waals surface area (Å²) in [6.45, 7) is 0. The first-order valence-corrected chi connectivity index (χ1v) is 4.37. The number of halogens is 1. The highest BCUT2D eigenvalue weighted by Crippen LogP contribution is 2.31. The van der Waals surface area contributed by atoms with Gasteiger partial charge in [-0.15, -0.1) is 0 Å². The van der Waals surface area contributed by atoms with Crippen molar-refractivity contribution in [3.8, 4) is 0 Å². The van der Waals surface area contributed by atoms with Crippen LogP contribution in [0.2, 0.25) is 0 Å². The number of allylic oxidation sites excluding steroid dienone is 1. The van der Waals surface area contributed by atoms with Crippen molar-refractivity contribution in [2.24, 2.45) is 0 Å². The van der Waals surface area contributed by atoms with E-state index in [0.29, 0.717) is 17.6 Å². The summed E-state index contributed by atoms with van der Waals surface area (Å²) in [5.74, 6) is -1.25. The topological polar surface area (TPSA) is 37.3 Å². The molecule has 0 aliphatic heterocycles. The summed E-state index contributed by atoms with van der Waals surface area (Å²) in [6, 6.07) is 4.83. The zero-order valence-corrected chi connectivity index (χ0v) is 7.46. The van der Waals surface area contributed by atoms with Gasteiger partial charge in [0.15, 0.2) is 0 Å². The number of carbonyl (C=O) groups is 1. The van der Waals surface area contributed by atoms with Crippen LogP contribution < -0.4 is 0 Å². The van der Waals surface area contributed by atoms with E-state index in [1.165, 1.54) is 6.07 Å². The fourth-order valence-electron chi connectivity index (χ4n) is 1.76. The monoisotopic (exact) mass is 192 g/mol. The average Bonchev–Trinajstić information content (AvgIpc) is 2.49. The van der Waals surface area contributed by atoms with Gasteiger partial charge in [-0.2, -0.15) is 0 Å². The molecule has 0 aromatic heterocycles. The quantitative estimate of drug-likeness (QED) is 0.780. The maximum absolute atomic E-state index is 13.4. The van der Waals surface area contributed by atoms with Crippen molar-refractivity contribution >= 4 is 11.5 Å². The molecule has 0 amide bonds. The minimum absolute atomic E-state index is 0.103. The molecule has 1 aromatic rings. The number of carboxylic acid groups (broad SMARTS) is 1. The van der Waals surface area contributed by atoms with Gasteiger partial charge in [-0.25, -0.2) is 4.39 Å². The van der Waals surface area contributed by atoms with E-state index in [4.69, 9.17) is 5.11 Å². The smallest absolute Gasteiger partial charge is 0.307 e. The van der Waals surface area contributed by atoms with Gasteiger partial charge >= 0.3 is 5.97 Å². The number of aliphatic carboxylic acids is 1. The SMILES string of the molecule is O=C(O)CC1=CCc2cccc(F)c21. The Kier molecular flexibility index (Phi) is 2.08. The van der Waals surface area contributed by atoms with Gasteiger partial charge in [0.05, 0.1) is 6.42 Å². The van der Waals surface area contributed by atoms with Crippen LogP contribution in [0.3, 0.4) is 0 Å². The van der Waals surface area contributed by atoms with Crippen LogP contribution in [0.5, 0.6) is 0 Å². The molecule has 2 nitrogen and oxygen atoms in total. The van der Waals surface area contributed by atoms with Crippen LogP contribution >= 0.6 is 0 Å². The molecule has 3 heteroatoms. The van der Waals surface area contributed by atoms with Crippen molar-refractivity contribution in [3.63, 3.8) is 0 Å². The lowest BCUT2D eigenvalue weighted by Crippen LogP contribution is -1.97. The van der Waals surface area contributed by atoms with Crippen LogP contribution in [-0.4, -0.2) is 11.1 Å². The molecule has 0 saturated carbocycles. The molecule has 0 heterocycles. The molecule has 14 heavy (non-hydrogen) atoms. The van der Waals surface area contributed by atoms with Gasteiger partial charge in [0, 0.05) is 5.56 Å². The summed E-state index contributed by atoms with van der Waals surface area (Å²) >= 11 is 0. The fraction of sp³-hybridized carbons (Fsp3) is 0.182. The zero-order chi connectivity index (χ0) is 10.1. The van der Waals surface area contributed by atoms with Gasteiger partial charge in [0.25, 0.3) is 0 Å². The van der Waals surface area contributed by atoms with E-state index in [0.717, 1.165) is 5.56 Å². The number of fused-ring (bicyclic) bond motifs is 1. The standard InChI is InChI=1S/C11H9FO2/c12-9-3-1-2-7-4-5-8(11(7)9)6-10(13)14/h1-3,5H,4,6H2,(H,13,14). The molecule has 1 aromatic carbocycles. The number of carboxylic acids is 1. The molecule has 0 atom stereocenters. The molecule has 0 spiro atoms. The molecule has 0 radical (unpaired) electrons. The van der Waals surface area contributed by atoms with Crippen molar-refractivity contribution in [2.45, 2.75) is 12.8 Å². The summed E-state index contributed by atoms with van der Waals surface area (Å²) in [4.78, 5) is 10.5. The minimum Gasteiger partial charge on any atom is -0.481 e. The minimum atomic E-state index is -0.924. The predicted molar refractivity (Wildman–Crippen MR) is 50.3 cm³/mol. The maximum atomic E-state index is 13.4. The first-order valence-electron chi connectivity index (χ1n) is 4.37. The summed E-state index contributed by atoms with van der Waals surface area (Å²) in [7, 11) is 0. The Bertz CT molecular complexity index is 421. The van der Waals surface area contributed by atoms with Gasteiger partial charge < -0.3 is 5.11 Å². The highest BCUT2D eigenvalue weighted by molar-refractivity contribution is 5.86. The van der Waals surface area contributed by atoms with E-state index in [1.54, 1.807) is 12.1 Å². The second kappa shape index (κ2) is 3.25. The largest absolute Gasteiger partial charge is 0.481 e. The molecule has 1 aliphatic carbocycles. The Morgan fingerprint density at radius 2 is 2.29 bits per heavy atom. The van der Waals surface area contributed by atoms with Crippen LogP contribution in [0.25, 0.3) is 5.57 Å². The third-order valence-corrected chi connectivity index (χ3v) is 2.33. The lowest BCUT2D eigenvalue weighted by Gasteiger charge is -2.04. The third-order valence-electron chi connectivity index (χ3n) is 2.33. The second-order valence-electron chi connectivity index (χ2n) is 3.28. The summed E-state index contributed by atoms with van der Waals surface area (Å²) in [5.41, 5.74) is 1.95. The summed E-state index contributed by atoms with van der Waals surface area (Å²) in [5, 5.41) is 8.63. The van der Waals surface area contributed by atoms with Crippen LogP contribution in [-0.2, 0) is 11.2 Å². The van der Waals surface area contributed by atoms with E-state index < -0.39 is 5.97 Å². The number of rotatable bonds is 2. The number of hydrogen-bond acceptors (Lipinski definition) is 1.